The van der Waals surface area contributed by atoms with Crippen LogP contribution in [-0.4, -0.2) is 35.9 Å². The molecule has 2 heterocycles. The Kier molecular flexibility index (Phi) is 3.65. The zero-order chi connectivity index (χ0) is 15.8. The highest BCUT2D eigenvalue weighted by Crippen LogP contribution is 2.31. The second kappa shape index (κ2) is 5.81. The van der Waals surface area contributed by atoms with Crippen molar-refractivity contribution < 1.29 is 9.53 Å². The smallest absolute Gasteiger partial charge is 0.279 e. The summed E-state index contributed by atoms with van der Waals surface area (Å²) in [5.74, 6) is -0.0152. The fourth-order valence-electron chi connectivity index (χ4n) is 3.69. The minimum atomic E-state index is -0.0152. The van der Waals surface area contributed by atoms with Crippen LogP contribution < -0.4 is 4.90 Å². The van der Waals surface area contributed by atoms with Gasteiger partial charge in [-0.15, -0.1) is 0 Å². The van der Waals surface area contributed by atoms with E-state index in [2.05, 4.69) is 16.3 Å². The molecule has 0 saturated carbocycles. The van der Waals surface area contributed by atoms with Gasteiger partial charge in [-0.25, -0.2) is 0 Å². The van der Waals surface area contributed by atoms with Gasteiger partial charge in [-0.3, -0.25) is 9.89 Å². The van der Waals surface area contributed by atoms with Gasteiger partial charge in [-0.05, 0) is 37.3 Å². The van der Waals surface area contributed by atoms with Crippen LogP contribution in [0.3, 0.4) is 0 Å². The number of aromatic amines is 1. The van der Waals surface area contributed by atoms with Crippen LogP contribution in [0.15, 0.2) is 24.3 Å². The molecule has 0 fully saturated rings. The molecule has 1 N–H and O–H groups in total. The number of para-hydroxylation sites is 1. The third-order valence-corrected chi connectivity index (χ3v) is 4.95. The number of hydrogen-bond acceptors (Lipinski definition) is 3. The van der Waals surface area contributed by atoms with E-state index in [1.54, 1.807) is 7.11 Å². The van der Waals surface area contributed by atoms with E-state index >= 15 is 0 Å². The molecule has 4 rings (SSSR count). The SMILES string of the molecule is COC1Cc2ccccc2N(C(=O)c2n[nH]c3c2CCCC3)C1. The van der Waals surface area contributed by atoms with Crippen molar-refractivity contribution >= 4 is 11.6 Å². The van der Waals surface area contributed by atoms with Gasteiger partial charge >= 0.3 is 0 Å². The number of carbonyl (C=O) groups excluding carboxylic acids is 1. The van der Waals surface area contributed by atoms with E-state index < -0.39 is 0 Å². The number of amides is 1. The van der Waals surface area contributed by atoms with E-state index in [1.807, 2.05) is 23.1 Å². The second-order valence-electron chi connectivity index (χ2n) is 6.34. The van der Waals surface area contributed by atoms with Crippen molar-refractivity contribution in [2.24, 2.45) is 0 Å². The van der Waals surface area contributed by atoms with Crippen molar-refractivity contribution in [3.63, 3.8) is 0 Å². The molecule has 0 spiro atoms. The first-order chi connectivity index (χ1) is 11.3. The van der Waals surface area contributed by atoms with Crippen LogP contribution in [0.2, 0.25) is 0 Å². The van der Waals surface area contributed by atoms with Crippen molar-refractivity contribution in [3.05, 3.63) is 46.8 Å². The number of aromatic nitrogens is 2. The fourth-order valence-corrected chi connectivity index (χ4v) is 3.69. The summed E-state index contributed by atoms with van der Waals surface area (Å²) in [6, 6.07) is 8.07. The number of methoxy groups -OCH3 is 1. The van der Waals surface area contributed by atoms with E-state index in [0.29, 0.717) is 12.2 Å². The lowest BCUT2D eigenvalue weighted by Crippen LogP contribution is -2.43. The molecule has 2 aromatic rings. The Bertz CT molecular complexity index is 738. The van der Waals surface area contributed by atoms with Crippen molar-refractivity contribution in [2.75, 3.05) is 18.6 Å². The summed E-state index contributed by atoms with van der Waals surface area (Å²) < 4.78 is 5.54. The molecule has 23 heavy (non-hydrogen) atoms. The largest absolute Gasteiger partial charge is 0.379 e. The second-order valence-corrected chi connectivity index (χ2v) is 6.34. The summed E-state index contributed by atoms with van der Waals surface area (Å²) in [4.78, 5) is 15.0. The molecule has 1 unspecified atom stereocenters. The van der Waals surface area contributed by atoms with Crippen LogP contribution >= 0.6 is 0 Å². The lowest BCUT2D eigenvalue weighted by Gasteiger charge is -2.33. The van der Waals surface area contributed by atoms with Crippen molar-refractivity contribution in [1.29, 1.82) is 0 Å². The monoisotopic (exact) mass is 311 g/mol. The summed E-state index contributed by atoms with van der Waals surface area (Å²) in [6.45, 7) is 0.577. The van der Waals surface area contributed by atoms with Gasteiger partial charge in [0.25, 0.3) is 5.91 Å². The summed E-state index contributed by atoms with van der Waals surface area (Å²) in [5.41, 5.74) is 4.97. The molecule has 1 aromatic heterocycles. The third kappa shape index (κ3) is 2.45. The van der Waals surface area contributed by atoms with Crippen LogP contribution in [0.5, 0.6) is 0 Å². The maximum absolute atomic E-state index is 13.1. The Balaban J connectivity index is 1.72. The van der Waals surface area contributed by atoms with Crippen molar-refractivity contribution in [3.8, 4) is 0 Å². The van der Waals surface area contributed by atoms with Crippen LogP contribution in [0.25, 0.3) is 0 Å². The highest BCUT2D eigenvalue weighted by molar-refractivity contribution is 6.06. The predicted molar refractivity (Wildman–Crippen MR) is 87.8 cm³/mol. The lowest BCUT2D eigenvalue weighted by atomic mass is 9.94. The van der Waals surface area contributed by atoms with Gasteiger partial charge in [-0.2, -0.15) is 5.10 Å². The standard InChI is InChI=1S/C18H21N3O2/c1-23-13-10-12-6-2-5-9-16(12)21(11-13)18(22)17-14-7-3-4-8-15(14)19-20-17/h2,5-6,9,13H,3-4,7-8,10-11H2,1H3,(H,19,20). The van der Waals surface area contributed by atoms with Crippen LogP contribution in [-0.2, 0) is 24.0 Å². The number of anilines is 1. The van der Waals surface area contributed by atoms with Gasteiger partial charge < -0.3 is 9.64 Å². The van der Waals surface area contributed by atoms with E-state index in [-0.39, 0.29) is 12.0 Å². The van der Waals surface area contributed by atoms with Crippen LogP contribution in [0.1, 0.15) is 40.2 Å². The molecule has 1 atom stereocenters. The Morgan fingerprint density at radius 1 is 1.30 bits per heavy atom. The summed E-state index contributed by atoms with van der Waals surface area (Å²) >= 11 is 0. The first kappa shape index (κ1) is 14.5. The van der Waals surface area contributed by atoms with Crippen molar-refractivity contribution in [2.45, 2.75) is 38.2 Å². The molecule has 0 radical (unpaired) electrons. The minimum absolute atomic E-state index is 0.0152. The lowest BCUT2D eigenvalue weighted by molar-refractivity contribution is 0.0866. The molecule has 120 valence electrons. The molecule has 1 amide bonds. The van der Waals surface area contributed by atoms with E-state index in [0.717, 1.165) is 48.2 Å². The number of ether oxygens (including phenoxy) is 1. The zero-order valence-corrected chi connectivity index (χ0v) is 13.3. The number of benzene rings is 1. The molecular weight excluding hydrogens is 290 g/mol. The number of H-pyrrole nitrogens is 1. The fraction of sp³-hybridized carbons (Fsp3) is 0.444. The number of carbonyl (C=O) groups is 1. The molecule has 5 heteroatoms. The van der Waals surface area contributed by atoms with E-state index in [4.69, 9.17) is 4.74 Å². The number of rotatable bonds is 2. The maximum Gasteiger partial charge on any atom is 0.279 e. The number of hydrogen-bond donors (Lipinski definition) is 1. The Morgan fingerprint density at radius 2 is 2.13 bits per heavy atom. The van der Waals surface area contributed by atoms with Crippen LogP contribution in [0, 0.1) is 0 Å². The van der Waals surface area contributed by atoms with Crippen molar-refractivity contribution in [1.82, 2.24) is 10.2 Å². The first-order valence-electron chi connectivity index (χ1n) is 8.26. The minimum Gasteiger partial charge on any atom is -0.379 e. The van der Waals surface area contributed by atoms with Gasteiger partial charge in [0, 0.05) is 30.5 Å². The Labute approximate surface area is 135 Å². The highest BCUT2D eigenvalue weighted by atomic mass is 16.5. The molecule has 1 aromatic carbocycles. The van der Waals surface area contributed by atoms with Crippen LogP contribution in [0.4, 0.5) is 5.69 Å². The van der Waals surface area contributed by atoms with Gasteiger partial charge in [0.15, 0.2) is 5.69 Å². The highest BCUT2D eigenvalue weighted by Gasteiger charge is 2.32. The quantitative estimate of drug-likeness (QED) is 0.927. The topological polar surface area (TPSA) is 58.2 Å². The van der Waals surface area contributed by atoms with Gasteiger partial charge in [0.05, 0.1) is 12.6 Å². The molecule has 0 saturated heterocycles. The zero-order valence-electron chi connectivity index (χ0n) is 13.3. The molecule has 0 bridgehead atoms. The number of nitrogens with zero attached hydrogens (tertiary/aromatic N) is 2. The Morgan fingerprint density at radius 3 is 3.00 bits per heavy atom. The number of aryl methyl sites for hydroxylation is 1. The average molecular weight is 311 g/mol. The summed E-state index contributed by atoms with van der Waals surface area (Å²) in [7, 11) is 1.71. The van der Waals surface area contributed by atoms with Gasteiger partial charge in [-0.1, -0.05) is 18.2 Å². The normalized spacial score (nSPS) is 20.0. The third-order valence-electron chi connectivity index (χ3n) is 4.95. The van der Waals surface area contributed by atoms with Gasteiger partial charge in [0.2, 0.25) is 0 Å². The molecule has 1 aliphatic carbocycles. The number of nitrogens with one attached hydrogen (secondary N) is 1. The average Bonchev–Trinajstić information content (AvgIpc) is 3.04. The molecule has 2 aliphatic rings. The Hall–Kier alpha value is -2.14. The molecular formula is C18H21N3O2. The molecule has 1 aliphatic heterocycles. The van der Waals surface area contributed by atoms with E-state index in [1.165, 1.54) is 6.42 Å². The first-order valence-corrected chi connectivity index (χ1v) is 8.26. The van der Waals surface area contributed by atoms with Gasteiger partial charge in [0.1, 0.15) is 0 Å². The van der Waals surface area contributed by atoms with E-state index in [9.17, 15) is 4.79 Å². The summed E-state index contributed by atoms with van der Waals surface area (Å²) in [5, 5.41) is 7.41. The molecule has 5 nitrogen and oxygen atoms in total. The number of fused-ring (bicyclic) bond motifs is 2. The predicted octanol–water partition coefficient (Wildman–Crippen LogP) is 2.51. The summed E-state index contributed by atoms with van der Waals surface area (Å²) in [6.07, 6.45) is 5.10. The maximum atomic E-state index is 13.1.